The van der Waals surface area contributed by atoms with Crippen LogP contribution in [0, 0.1) is 13.8 Å². The molecule has 12 heteroatoms. The third kappa shape index (κ3) is 6.35. The topological polar surface area (TPSA) is 121 Å². The van der Waals surface area contributed by atoms with Gasteiger partial charge in [0.2, 0.25) is 0 Å². The van der Waals surface area contributed by atoms with Crippen LogP contribution in [0.2, 0.25) is 5.02 Å². The quantitative estimate of drug-likeness (QED) is 0.171. The molecule has 44 heavy (non-hydrogen) atoms. The molecule has 0 radical (unpaired) electrons. The molecule has 0 aliphatic carbocycles. The Morgan fingerprint density at radius 3 is 2.48 bits per heavy atom. The molecule has 230 valence electrons. The van der Waals surface area contributed by atoms with Gasteiger partial charge >= 0.3 is 5.69 Å². The summed E-state index contributed by atoms with van der Waals surface area (Å²) in [5.74, 6) is 1.34. The molecular formula is C32H34ClN5O5S. The van der Waals surface area contributed by atoms with Gasteiger partial charge in [-0.15, -0.1) is 5.10 Å². The molecule has 0 aliphatic rings. The first-order valence-electron chi connectivity index (χ1n) is 14.2. The third-order valence-electron chi connectivity index (χ3n) is 7.44. The van der Waals surface area contributed by atoms with E-state index in [-0.39, 0.29) is 29.6 Å². The number of sulfonamides is 1. The van der Waals surface area contributed by atoms with Crippen LogP contribution in [-0.4, -0.2) is 35.0 Å². The van der Waals surface area contributed by atoms with Gasteiger partial charge in [0, 0.05) is 24.7 Å². The second-order valence-electron chi connectivity index (χ2n) is 10.5. The van der Waals surface area contributed by atoms with E-state index in [2.05, 4.69) is 21.9 Å². The van der Waals surface area contributed by atoms with E-state index in [4.69, 9.17) is 20.9 Å². The summed E-state index contributed by atoms with van der Waals surface area (Å²) in [6.07, 6.45) is 2.46. The number of benzene rings is 3. The fraction of sp³-hybridized carbons (Fsp3) is 0.281. The summed E-state index contributed by atoms with van der Waals surface area (Å²) in [6.45, 7) is 6.04. The maximum absolute atomic E-state index is 13.6. The lowest BCUT2D eigenvalue weighted by Crippen LogP contribution is -2.25. The Bertz CT molecular complexity index is 1960. The maximum atomic E-state index is 13.6. The van der Waals surface area contributed by atoms with Gasteiger partial charge in [0.1, 0.15) is 11.6 Å². The molecule has 5 aromatic rings. The van der Waals surface area contributed by atoms with Crippen molar-refractivity contribution in [2.45, 2.75) is 58.1 Å². The predicted octanol–water partition coefficient (Wildman–Crippen LogP) is 6.30. The van der Waals surface area contributed by atoms with Gasteiger partial charge in [-0.1, -0.05) is 78.6 Å². The molecular weight excluding hydrogens is 602 g/mol. The number of unbranched alkanes of at least 4 members (excludes halogenated alkanes) is 1. The molecule has 0 saturated carbocycles. The number of halogens is 1. The Morgan fingerprint density at radius 1 is 1.02 bits per heavy atom. The normalized spacial score (nSPS) is 11.7. The van der Waals surface area contributed by atoms with E-state index >= 15 is 0 Å². The van der Waals surface area contributed by atoms with Crippen molar-refractivity contribution in [3.05, 3.63) is 111 Å². The van der Waals surface area contributed by atoms with E-state index in [9.17, 15) is 13.2 Å². The second-order valence-corrected chi connectivity index (χ2v) is 12.5. The molecule has 2 aromatic heterocycles. The van der Waals surface area contributed by atoms with Gasteiger partial charge in [0.05, 0.1) is 28.8 Å². The van der Waals surface area contributed by atoms with Crippen LogP contribution in [-0.2, 0) is 34.3 Å². The lowest BCUT2D eigenvalue weighted by Gasteiger charge is -2.16. The van der Waals surface area contributed by atoms with Gasteiger partial charge in [0.15, 0.2) is 5.82 Å². The van der Waals surface area contributed by atoms with Crippen molar-refractivity contribution in [2.75, 3.05) is 11.8 Å². The van der Waals surface area contributed by atoms with E-state index < -0.39 is 10.0 Å². The largest absolute Gasteiger partial charge is 0.380 e. The van der Waals surface area contributed by atoms with Crippen LogP contribution in [0.25, 0.3) is 16.8 Å². The van der Waals surface area contributed by atoms with Crippen LogP contribution < -0.4 is 10.4 Å². The van der Waals surface area contributed by atoms with Crippen molar-refractivity contribution < 1.29 is 17.7 Å². The molecule has 3 aromatic carbocycles. The zero-order valence-corrected chi connectivity index (χ0v) is 26.6. The molecule has 2 heterocycles. The smallest absolute Gasteiger partial charge is 0.351 e. The molecule has 0 unspecified atom stereocenters. The van der Waals surface area contributed by atoms with Crippen LogP contribution in [0.3, 0.4) is 0 Å². The summed E-state index contributed by atoms with van der Waals surface area (Å²) in [7, 11) is -2.44. The van der Waals surface area contributed by atoms with Crippen molar-refractivity contribution in [3.63, 3.8) is 0 Å². The highest BCUT2D eigenvalue weighted by molar-refractivity contribution is 7.92. The summed E-state index contributed by atoms with van der Waals surface area (Å²) < 4.78 is 43.4. The van der Waals surface area contributed by atoms with Crippen molar-refractivity contribution >= 4 is 27.4 Å². The Balaban J connectivity index is 1.54. The number of aryl methyl sites for hydroxylation is 2. The summed E-state index contributed by atoms with van der Waals surface area (Å²) in [5.41, 5.74) is 3.64. The summed E-state index contributed by atoms with van der Waals surface area (Å²) in [6, 6.07) is 19.6. The minimum atomic E-state index is -4.02. The highest BCUT2D eigenvalue weighted by atomic mass is 35.5. The van der Waals surface area contributed by atoms with Crippen molar-refractivity contribution in [3.8, 4) is 16.8 Å². The first-order valence-corrected chi connectivity index (χ1v) is 16.1. The highest BCUT2D eigenvalue weighted by Gasteiger charge is 2.24. The Hall–Kier alpha value is -4.19. The Labute approximate surface area is 261 Å². The number of nitrogens with zero attached hydrogens (tertiary/aromatic N) is 4. The lowest BCUT2D eigenvalue weighted by atomic mass is 9.97. The number of aromatic nitrogens is 4. The number of hydrogen-bond acceptors (Lipinski definition) is 7. The van der Waals surface area contributed by atoms with Crippen LogP contribution in [0.5, 0.6) is 0 Å². The van der Waals surface area contributed by atoms with E-state index in [0.717, 1.165) is 24.0 Å². The summed E-state index contributed by atoms with van der Waals surface area (Å²) in [4.78, 5) is 13.7. The van der Waals surface area contributed by atoms with Crippen molar-refractivity contribution in [1.29, 1.82) is 0 Å². The standard InChI is InChI=1S/C32H34ClN5O5S/c1-5-6-15-30-34-38(28-13-9-8-12-27(28)33)32(39)37(30)19-23-16-17-25(24(18-23)20-42-4)26-11-7-10-14-29(26)44(40,41)36-31-21(2)22(3)43-35-31/h7-14,16-18H,5-6,15,19-20H2,1-4H3,(H,35,36). The Morgan fingerprint density at radius 2 is 1.77 bits per heavy atom. The fourth-order valence-corrected chi connectivity index (χ4v) is 6.48. The SMILES string of the molecule is CCCCc1nn(-c2ccccc2Cl)c(=O)n1Cc1ccc(-c2ccccc2S(=O)(=O)Nc2noc(C)c2C)c(COC)c1. The monoisotopic (exact) mass is 635 g/mol. The number of ether oxygens (including phenoxy) is 1. The van der Waals surface area contributed by atoms with Gasteiger partial charge < -0.3 is 9.26 Å². The van der Waals surface area contributed by atoms with Gasteiger partial charge in [-0.25, -0.2) is 13.2 Å². The average Bonchev–Trinajstić information content (AvgIpc) is 3.49. The minimum absolute atomic E-state index is 0.0873. The highest BCUT2D eigenvalue weighted by Crippen LogP contribution is 2.33. The number of hydrogen-bond donors (Lipinski definition) is 1. The minimum Gasteiger partial charge on any atom is -0.380 e. The molecule has 5 rings (SSSR count). The second kappa shape index (κ2) is 13.2. The Kier molecular flexibility index (Phi) is 9.38. The lowest BCUT2D eigenvalue weighted by molar-refractivity contribution is 0.185. The molecule has 0 atom stereocenters. The molecule has 0 aliphatic heterocycles. The molecule has 1 N–H and O–H groups in total. The van der Waals surface area contributed by atoms with Crippen molar-refractivity contribution in [1.82, 2.24) is 19.5 Å². The van der Waals surface area contributed by atoms with E-state index in [1.165, 1.54) is 4.68 Å². The maximum Gasteiger partial charge on any atom is 0.351 e. The fourth-order valence-electron chi connectivity index (χ4n) is 4.98. The summed E-state index contributed by atoms with van der Waals surface area (Å²) >= 11 is 6.41. The molecule has 0 spiro atoms. The zero-order valence-electron chi connectivity index (χ0n) is 25.0. The van der Waals surface area contributed by atoms with Gasteiger partial charge in [-0.2, -0.15) is 4.68 Å². The molecule has 0 fully saturated rings. The van der Waals surface area contributed by atoms with Crippen LogP contribution in [0.15, 0.2) is 80.9 Å². The van der Waals surface area contributed by atoms with Crippen LogP contribution >= 0.6 is 11.6 Å². The van der Waals surface area contributed by atoms with Gasteiger partial charge in [0.25, 0.3) is 10.0 Å². The number of rotatable bonds is 12. The van der Waals surface area contributed by atoms with E-state index in [1.54, 1.807) is 68.0 Å². The molecule has 0 amide bonds. The molecule has 0 saturated heterocycles. The first kappa shape index (κ1) is 31.2. The number of anilines is 1. The zero-order chi connectivity index (χ0) is 31.4. The summed E-state index contributed by atoms with van der Waals surface area (Å²) in [5, 5.41) is 8.94. The number of para-hydroxylation sites is 1. The van der Waals surface area contributed by atoms with Gasteiger partial charge in [-0.05, 0) is 55.2 Å². The van der Waals surface area contributed by atoms with Gasteiger partial charge in [-0.3, -0.25) is 9.29 Å². The predicted molar refractivity (Wildman–Crippen MR) is 170 cm³/mol. The van der Waals surface area contributed by atoms with E-state index in [0.29, 0.717) is 45.4 Å². The van der Waals surface area contributed by atoms with E-state index in [1.807, 2.05) is 24.3 Å². The number of nitrogens with one attached hydrogen (secondary N) is 1. The molecule has 0 bridgehead atoms. The van der Waals surface area contributed by atoms with Crippen LogP contribution in [0.1, 0.15) is 48.0 Å². The van der Waals surface area contributed by atoms with Crippen molar-refractivity contribution in [2.24, 2.45) is 0 Å². The number of methoxy groups -OCH3 is 1. The third-order valence-corrected chi connectivity index (χ3v) is 9.16. The first-order chi connectivity index (χ1) is 21.1. The molecule has 10 nitrogen and oxygen atoms in total. The van der Waals surface area contributed by atoms with Crippen LogP contribution in [0.4, 0.5) is 5.82 Å². The average molecular weight is 636 g/mol.